The van der Waals surface area contributed by atoms with E-state index in [-0.39, 0.29) is 29.1 Å². The number of nitrogens with zero attached hydrogens (tertiary/aromatic N) is 2. The molecule has 0 bridgehead atoms. The highest BCUT2D eigenvalue weighted by molar-refractivity contribution is 7.92. The lowest BCUT2D eigenvalue weighted by Gasteiger charge is -2.34. The summed E-state index contributed by atoms with van der Waals surface area (Å²) in [4.78, 5) is 28.8. The molecule has 0 heterocycles. The van der Waals surface area contributed by atoms with Crippen LogP contribution in [-0.4, -0.2) is 44.3 Å². The number of benzene rings is 4. The van der Waals surface area contributed by atoms with E-state index in [1.54, 1.807) is 24.3 Å². The van der Waals surface area contributed by atoms with Crippen molar-refractivity contribution in [3.8, 4) is 0 Å². The van der Waals surface area contributed by atoms with Crippen molar-refractivity contribution < 1.29 is 26.8 Å². The first-order chi connectivity index (χ1) is 20.7. The lowest BCUT2D eigenvalue weighted by molar-refractivity contribution is -0.140. The predicted octanol–water partition coefficient (Wildman–Crippen LogP) is 5.33. The zero-order chi connectivity index (χ0) is 30.8. The average Bonchev–Trinajstić information content (AvgIpc) is 3.02. The van der Waals surface area contributed by atoms with Crippen LogP contribution < -0.4 is 9.62 Å². The first-order valence-electron chi connectivity index (χ1n) is 13.9. The van der Waals surface area contributed by atoms with Crippen molar-refractivity contribution in [2.75, 3.05) is 17.4 Å². The molecule has 0 aliphatic carbocycles. The molecule has 224 valence electrons. The third-order valence-corrected chi connectivity index (χ3v) is 8.63. The predicted molar refractivity (Wildman–Crippen MR) is 162 cm³/mol. The number of rotatable bonds is 13. The van der Waals surface area contributed by atoms with E-state index in [9.17, 15) is 26.8 Å². The number of para-hydroxylation sites is 1. The summed E-state index contributed by atoms with van der Waals surface area (Å²) in [5.74, 6) is -2.33. The number of halogens is 2. The van der Waals surface area contributed by atoms with E-state index in [0.717, 1.165) is 34.1 Å². The molecule has 0 saturated heterocycles. The highest BCUT2D eigenvalue weighted by Gasteiger charge is 2.34. The Morgan fingerprint density at radius 2 is 1.42 bits per heavy atom. The number of sulfonamides is 1. The van der Waals surface area contributed by atoms with Crippen LogP contribution in [0.3, 0.4) is 0 Å². The monoisotopic (exact) mass is 605 g/mol. The van der Waals surface area contributed by atoms with Crippen LogP contribution in [-0.2, 0) is 32.6 Å². The van der Waals surface area contributed by atoms with Crippen molar-refractivity contribution in [2.45, 2.75) is 37.2 Å². The van der Waals surface area contributed by atoms with Gasteiger partial charge in [-0.2, -0.15) is 0 Å². The number of hydrogen-bond donors (Lipinski definition) is 1. The van der Waals surface area contributed by atoms with Crippen molar-refractivity contribution in [2.24, 2.45) is 0 Å². The molecule has 10 heteroatoms. The number of amides is 2. The number of hydrogen-bond acceptors (Lipinski definition) is 4. The molecule has 0 aliphatic rings. The Morgan fingerprint density at radius 3 is 2.05 bits per heavy atom. The molecule has 2 amide bonds. The number of carbonyl (C=O) groups excluding carboxylic acids is 2. The molecule has 4 aromatic rings. The van der Waals surface area contributed by atoms with Gasteiger partial charge in [-0.3, -0.25) is 13.9 Å². The third-order valence-electron chi connectivity index (χ3n) is 6.84. The summed E-state index contributed by atoms with van der Waals surface area (Å²) in [5, 5.41) is 2.84. The molecule has 1 atom stereocenters. The SMILES string of the molecule is CCCNC(=O)[C@H](Cc1ccccc1)N(Cc1ccccc1F)C(=O)CN(c1ccccc1)S(=O)(=O)c1ccc(F)cc1. The number of anilines is 1. The Labute approximate surface area is 250 Å². The van der Waals surface area contributed by atoms with E-state index in [1.807, 2.05) is 37.3 Å². The molecule has 0 aliphatic heterocycles. The Kier molecular flexibility index (Phi) is 10.6. The molecule has 0 saturated carbocycles. The molecule has 4 aromatic carbocycles. The Morgan fingerprint density at radius 1 is 0.814 bits per heavy atom. The molecule has 43 heavy (non-hydrogen) atoms. The number of nitrogens with one attached hydrogen (secondary N) is 1. The van der Waals surface area contributed by atoms with Crippen LogP contribution in [0.2, 0.25) is 0 Å². The normalized spacial score (nSPS) is 11.9. The largest absolute Gasteiger partial charge is 0.354 e. The van der Waals surface area contributed by atoms with Gasteiger partial charge in [0.05, 0.1) is 10.6 Å². The molecular weight excluding hydrogens is 572 g/mol. The summed E-state index contributed by atoms with van der Waals surface area (Å²) in [7, 11) is -4.35. The van der Waals surface area contributed by atoms with Gasteiger partial charge in [-0.05, 0) is 54.4 Å². The summed E-state index contributed by atoms with van der Waals surface area (Å²) in [6.07, 6.45) is 0.773. The van der Waals surface area contributed by atoms with E-state index >= 15 is 0 Å². The van der Waals surface area contributed by atoms with Crippen LogP contribution in [0, 0.1) is 11.6 Å². The molecule has 0 fully saturated rings. The summed E-state index contributed by atoms with van der Waals surface area (Å²) in [5.41, 5.74) is 1.13. The van der Waals surface area contributed by atoms with Gasteiger partial charge in [0.25, 0.3) is 10.0 Å². The van der Waals surface area contributed by atoms with Gasteiger partial charge in [0, 0.05) is 25.1 Å². The van der Waals surface area contributed by atoms with Gasteiger partial charge >= 0.3 is 0 Å². The molecule has 0 unspecified atom stereocenters. The lowest BCUT2D eigenvalue weighted by Crippen LogP contribution is -2.53. The topological polar surface area (TPSA) is 86.8 Å². The summed E-state index contributed by atoms with van der Waals surface area (Å²) in [6, 6.07) is 26.3. The van der Waals surface area contributed by atoms with E-state index in [4.69, 9.17) is 0 Å². The fourth-order valence-corrected chi connectivity index (χ4v) is 6.00. The number of carbonyl (C=O) groups is 2. The molecule has 0 spiro atoms. The van der Waals surface area contributed by atoms with Gasteiger partial charge in [-0.25, -0.2) is 17.2 Å². The Hall–Kier alpha value is -4.57. The molecule has 0 radical (unpaired) electrons. The summed E-state index contributed by atoms with van der Waals surface area (Å²) >= 11 is 0. The maximum absolute atomic E-state index is 14.9. The first kappa shape index (κ1) is 31.4. The van der Waals surface area contributed by atoms with E-state index in [1.165, 1.54) is 35.2 Å². The maximum atomic E-state index is 14.9. The van der Waals surface area contributed by atoms with Crippen LogP contribution in [0.4, 0.5) is 14.5 Å². The second-order valence-corrected chi connectivity index (χ2v) is 11.8. The van der Waals surface area contributed by atoms with Gasteiger partial charge < -0.3 is 10.2 Å². The molecule has 7 nitrogen and oxygen atoms in total. The van der Waals surface area contributed by atoms with E-state index < -0.39 is 46.1 Å². The second-order valence-electron chi connectivity index (χ2n) is 9.91. The van der Waals surface area contributed by atoms with Crippen molar-refractivity contribution in [1.29, 1.82) is 0 Å². The highest BCUT2D eigenvalue weighted by Crippen LogP contribution is 2.25. The lowest BCUT2D eigenvalue weighted by atomic mass is 10.0. The van der Waals surface area contributed by atoms with Gasteiger partial charge in [-0.1, -0.05) is 73.7 Å². The molecule has 1 N–H and O–H groups in total. The molecular formula is C33H33F2N3O4S. The van der Waals surface area contributed by atoms with Crippen molar-refractivity contribution >= 4 is 27.5 Å². The molecule has 0 aromatic heterocycles. The summed E-state index contributed by atoms with van der Waals surface area (Å²) in [6.45, 7) is 1.29. The quantitative estimate of drug-likeness (QED) is 0.223. The van der Waals surface area contributed by atoms with Crippen LogP contribution in [0.5, 0.6) is 0 Å². The minimum Gasteiger partial charge on any atom is -0.354 e. The fraction of sp³-hybridized carbons (Fsp3) is 0.212. The van der Waals surface area contributed by atoms with Gasteiger partial charge in [0.15, 0.2) is 0 Å². The van der Waals surface area contributed by atoms with Crippen LogP contribution in [0.15, 0.2) is 114 Å². The Balaban J connectivity index is 1.78. The van der Waals surface area contributed by atoms with E-state index in [0.29, 0.717) is 13.0 Å². The van der Waals surface area contributed by atoms with E-state index in [2.05, 4.69) is 5.32 Å². The highest BCUT2D eigenvalue weighted by atomic mass is 32.2. The zero-order valence-electron chi connectivity index (χ0n) is 23.7. The standard InChI is InChI=1S/C33H33F2N3O4S/c1-2-21-36-33(40)31(22-25-11-5-3-6-12-25)37(23-26-13-9-10-16-30(26)35)32(39)24-38(28-14-7-4-8-15-28)43(41,42)29-19-17-27(34)18-20-29/h3-20,31H,2,21-24H2,1H3,(H,36,40)/t31-/m0/s1. The van der Waals surface area contributed by atoms with Crippen molar-refractivity contribution in [3.05, 3.63) is 132 Å². The average molecular weight is 606 g/mol. The van der Waals surface area contributed by atoms with Crippen LogP contribution in [0.25, 0.3) is 0 Å². The van der Waals surface area contributed by atoms with Crippen molar-refractivity contribution in [1.82, 2.24) is 10.2 Å². The third kappa shape index (κ3) is 8.04. The van der Waals surface area contributed by atoms with Crippen LogP contribution >= 0.6 is 0 Å². The minimum absolute atomic E-state index is 0.118. The van der Waals surface area contributed by atoms with Gasteiger partial charge in [0.1, 0.15) is 24.2 Å². The smallest absolute Gasteiger partial charge is 0.264 e. The van der Waals surface area contributed by atoms with Gasteiger partial charge in [-0.15, -0.1) is 0 Å². The summed E-state index contributed by atoms with van der Waals surface area (Å²) < 4.78 is 57.2. The maximum Gasteiger partial charge on any atom is 0.264 e. The zero-order valence-corrected chi connectivity index (χ0v) is 24.5. The second kappa shape index (κ2) is 14.6. The molecule has 4 rings (SSSR count). The fourth-order valence-electron chi connectivity index (χ4n) is 4.59. The Bertz CT molecular complexity index is 1620. The van der Waals surface area contributed by atoms with Crippen LogP contribution in [0.1, 0.15) is 24.5 Å². The van der Waals surface area contributed by atoms with Gasteiger partial charge in [0.2, 0.25) is 11.8 Å². The minimum atomic E-state index is -4.35. The first-order valence-corrected chi connectivity index (χ1v) is 15.3. The van der Waals surface area contributed by atoms with Crippen molar-refractivity contribution in [3.63, 3.8) is 0 Å².